The lowest BCUT2D eigenvalue weighted by Crippen LogP contribution is -2.28. The van der Waals surface area contributed by atoms with E-state index in [0.717, 1.165) is 20.5 Å². The molecule has 0 saturated carbocycles. The summed E-state index contributed by atoms with van der Waals surface area (Å²) < 4.78 is 30.7. The fourth-order valence-corrected chi connectivity index (χ4v) is 4.28. The molecule has 0 unspecified atom stereocenters. The number of benzene rings is 1. The fraction of sp³-hybridized carbons (Fsp3) is 0.267. The molecule has 1 amide bonds. The van der Waals surface area contributed by atoms with Gasteiger partial charge in [-0.3, -0.25) is 4.79 Å². The van der Waals surface area contributed by atoms with Crippen molar-refractivity contribution in [3.05, 3.63) is 46.3 Å². The Bertz CT molecular complexity index is 801. The second kappa shape index (κ2) is 7.98. The first-order valence-corrected chi connectivity index (χ1v) is 9.59. The van der Waals surface area contributed by atoms with Crippen LogP contribution in [-0.4, -0.2) is 39.3 Å². The zero-order chi connectivity index (χ0) is 17.7. The Kier molecular flexibility index (Phi) is 6.22. The van der Waals surface area contributed by atoms with Crippen LogP contribution in [0.1, 0.15) is 4.88 Å². The van der Waals surface area contributed by atoms with E-state index in [1.54, 1.807) is 30.3 Å². The number of nitrogens with one attached hydrogen (secondary N) is 1. The number of nitrogens with zero attached hydrogens (tertiary/aromatic N) is 1. The van der Waals surface area contributed by atoms with Crippen molar-refractivity contribution >= 4 is 38.9 Å². The summed E-state index contributed by atoms with van der Waals surface area (Å²) in [5, 5.41) is 3.28. The lowest BCUT2D eigenvalue weighted by atomic mass is 10.3. The monoisotopic (exact) mass is 388 g/mol. The van der Waals surface area contributed by atoms with Gasteiger partial charge < -0.3 is 10.1 Å². The number of hydrogen-bond donors (Lipinski definition) is 1. The van der Waals surface area contributed by atoms with Gasteiger partial charge in [0.25, 0.3) is 15.9 Å². The maximum absolute atomic E-state index is 12.0. The Hall–Kier alpha value is -1.61. The van der Waals surface area contributed by atoms with Gasteiger partial charge in [-0.05, 0) is 36.4 Å². The molecule has 2 rings (SSSR count). The molecule has 9 heteroatoms. The molecule has 130 valence electrons. The Morgan fingerprint density at radius 3 is 2.50 bits per heavy atom. The van der Waals surface area contributed by atoms with Gasteiger partial charge in [-0.15, -0.1) is 11.3 Å². The van der Waals surface area contributed by atoms with E-state index in [0.29, 0.717) is 10.8 Å². The molecule has 0 saturated heterocycles. The summed E-state index contributed by atoms with van der Waals surface area (Å²) in [6, 6.07) is 9.91. The van der Waals surface area contributed by atoms with Crippen LogP contribution in [0.25, 0.3) is 0 Å². The number of halogens is 1. The largest absolute Gasteiger partial charge is 0.484 e. The first kappa shape index (κ1) is 18.7. The Labute approximate surface area is 150 Å². The minimum atomic E-state index is -3.44. The normalized spacial score (nSPS) is 11.5. The summed E-state index contributed by atoms with van der Waals surface area (Å²) in [5.41, 5.74) is 0. The first-order valence-electron chi connectivity index (χ1n) is 6.95. The summed E-state index contributed by atoms with van der Waals surface area (Å²) in [7, 11) is -0.487. The molecule has 1 N–H and O–H groups in total. The lowest BCUT2D eigenvalue weighted by Gasteiger charge is -2.08. The second-order valence-electron chi connectivity index (χ2n) is 5.03. The van der Waals surface area contributed by atoms with Gasteiger partial charge in [0.2, 0.25) is 0 Å². The Balaban J connectivity index is 1.84. The standard InChI is InChI=1S/C15H17ClN2O4S2/c1-18(2)24(20,21)15-8-7-13(23-15)9-17-14(19)10-22-12-5-3-11(16)4-6-12/h3-8H,9-10H2,1-2H3,(H,17,19). The van der Waals surface area contributed by atoms with Gasteiger partial charge in [0, 0.05) is 24.0 Å². The van der Waals surface area contributed by atoms with Crippen molar-refractivity contribution in [1.29, 1.82) is 0 Å². The van der Waals surface area contributed by atoms with Crippen molar-refractivity contribution < 1.29 is 17.9 Å². The number of sulfonamides is 1. The molecule has 0 aliphatic rings. The van der Waals surface area contributed by atoms with Crippen LogP contribution in [0, 0.1) is 0 Å². The molecule has 0 aliphatic heterocycles. The molecule has 2 aromatic rings. The van der Waals surface area contributed by atoms with Crippen LogP contribution in [0.5, 0.6) is 5.75 Å². The lowest BCUT2D eigenvalue weighted by molar-refractivity contribution is -0.123. The third-order valence-corrected chi connectivity index (χ3v) is 6.64. The van der Waals surface area contributed by atoms with E-state index < -0.39 is 10.0 Å². The van der Waals surface area contributed by atoms with E-state index in [-0.39, 0.29) is 23.3 Å². The zero-order valence-corrected chi connectivity index (χ0v) is 15.5. The molecular formula is C15H17ClN2O4S2. The summed E-state index contributed by atoms with van der Waals surface area (Å²) >= 11 is 6.89. The molecular weight excluding hydrogens is 372 g/mol. The van der Waals surface area contributed by atoms with Gasteiger partial charge in [0.05, 0.1) is 6.54 Å². The number of amides is 1. The van der Waals surface area contributed by atoms with Gasteiger partial charge in [-0.1, -0.05) is 11.6 Å². The first-order chi connectivity index (χ1) is 11.3. The van der Waals surface area contributed by atoms with E-state index in [1.807, 2.05) is 0 Å². The van der Waals surface area contributed by atoms with Crippen LogP contribution in [0.15, 0.2) is 40.6 Å². The van der Waals surface area contributed by atoms with Gasteiger partial charge in [-0.2, -0.15) is 0 Å². The molecule has 24 heavy (non-hydrogen) atoms. The highest BCUT2D eigenvalue weighted by molar-refractivity contribution is 7.91. The highest BCUT2D eigenvalue weighted by Crippen LogP contribution is 2.23. The van der Waals surface area contributed by atoms with Gasteiger partial charge in [0.1, 0.15) is 9.96 Å². The number of carbonyl (C=O) groups excluding carboxylic acids is 1. The predicted octanol–water partition coefficient (Wildman–Crippen LogP) is 2.35. The number of rotatable bonds is 7. The van der Waals surface area contributed by atoms with Gasteiger partial charge >= 0.3 is 0 Å². The highest BCUT2D eigenvalue weighted by atomic mass is 35.5. The summed E-state index contributed by atoms with van der Waals surface area (Å²) in [4.78, 5) is 12.5. The van der Waals surface area contributed by atoms with Gasteiger partial charge in [0.15, 0.2) is 6.61 Å². The zero-order valence-electron chi connectivity index (χ0n) is 13.2. The molecule has 0 fully saturated rings. The number of hydrogen-bond acceptors (Lipinski definition) is 5. The topological polar surface area (TPSA) is 75.7 Å². The van der Waals surface area contributed by atoms with Crippen molar-refractivity contribution in [3.63, 3.8) is 0 Å². The molecule has 0 bridgehead atoms. The van der Waals surface area contributed by atoms with Crippen LogP contribution < -0.4 is 10.1 Å². The number of carbonyl (C=O) groups is 1. The molecule has 1 aromatic heterocycles. The minimum Gasteiger partial charge on any atom is -0.484 e. The quantitative estimate of drug-likeness (QED) is 0.789. The van der Waals surface area contributed by atoms with Crippen molar-refractivity contribution in [1.82, 2.24) is 9.62 Å². The highest BCUT2D eigenvalue weighted by Gasteiger charge is 2.19. The fourth-order valence-electron chi connectivity index (χ4n) is 1.69. The Morgan fingerprint density at radius 1 is 1.21 bits per heavy atom. The van der Waals surface area contributed by atoms with Crippen molar-refractivity contribution in [3.8, 4) is 5.75 Å². The molecule has 1 aromatic carbocycles. The van der Waals surface area contributed by atoms with Crippen LogP contribution >= 0.6 is 22.9 Å². The average Bonchev–Trinajstić information content (AvgIpc) is 3.02. The van der Waals surface area contributed by atoms with E-state index >= 15 is 0 Å². The molecule has 0 spiro atoms. The maximum atomic E-state index is 12.0. The van der Waals surface area contributed by atoms with Crippen molar-refractivity contribution in [2.45, 2.75) is 10.8 Å². The van der Waals surface area contributed by atoms with Crippen LogP contribution in [0.4, 0.5) is 0 Å². The summed E-state index contributed by atoms with van der Waals surface area (Å²) in [6.45, 7) is 0.117. The third-order valence-electron chi connectivity index (χ3n) is 3.02. The SMILES string of the molecule is CN(C)S(=O)(=O)c1ccc(CNC(=O)COc2ccc(Cl)cc2)s1. The molecule has 1 heterocycles. The number of ether oxygens (including phenoxy) is 1. The molecule has 6 nitrogen and oxygen atoms in total. The predicted molar refractivity (Wildman–Crippen MR) is 94.0 cm³/mol. The maximum Gasteiger partial charge on any atom is 0.258 e. The third kappa shape index (κ3) is 4.94. The molecule has 0 radical (unpaired) electrons. The van der Waals surface area contributed by atoms with E-state index in [1.165, 1.54) is 20.2 Å². The summed E-state index contributed by atoms with van der Waals surface area (Å²) in [5.74, 6) is 0.250. The van der Waals surface area contributed by atoms with Crippen LogP contribution in [0.3, 0.4) is 0 Å². The van der Waals surface area contributed by atoms with E-state index in [4.69, 9.17) is 16.3 Å². The van der Waals surface area contributed by atoms with Crippen molar-refractivity contribution in [2.24, 2.45) is 0 Å². The van der Waals surface area contributed by atoms with E-state index in [9.17, 15) is 13.2 Å². The Morgan fingerprint density at radius 2 is 1.88 bits per heavy atom. The molecule has 0 aliphatic carbocycles. The van der Waals surface area contributed by atoms with Gasteiger partial charge in [-0.25, -0.2) is 12.7 Å². The van der Waals surface area contributed by atoms with Crippen LogP contribution in [0.2, 0.25) is 5.02 Å². The number of thiophene rings is 1. The second-order valence-corrected chi connectivity index (χ2v) is 9.01. The van der Waals surface area contributed by atoms with Crippen molar-refractivity contribution in [2.75, 3.05) is 20.7 Å². The smallest absolute Gasteiger partial charge is 0.258 e. The van der Waals surface area contributed by atoms with Crippen LogP contribution in [-0.2, 0) is 21.4 Å². The minimum absolute atomic E-state index is 0.129. The average molecular weight is 389 g/mol. The van der Waals surface area contributed by atoms with E-state index in [2.05, 4.69) is 5.32 Å². The summed E-state index contributed by atoms with van der Waals surface area (Å²) in [6.07, 6.45) is 0. The molecule has 0 atom stereocenters.